The maximum atomic E-state index is 13.0. The van der Waals surface area contributed by atoms with E-state index >= 15 is 0 Å². The molecule has 1 saturated heterocycles. The standard InChI is InChI=1S/C27H32N4O5/c1-28-26(34)25(24(33)17-32)30(3)27(35)19-6-4-18(5-7-19)20-8-9-23-21(14-20)15-22(29(23)2)16-31-10-12-36-13-11-31/h4-9,14-15,25,32H,10-13,16-17H2,1-3H3,(H,28,34). The minimum atomic E-state index is -1.39. The number of benzene rings is 2. The molecule has 2 amide bonds. The van der Waals surface area contributed by atoms with Gasteiger partial charge >= 0.3 is 0 Å². The molecule has 1 unspecified atom stereocenters. The number of carbonyl (C=O) groups is 3. The average Bonchev–Trinajstić information content (AvgIpc) is 3.22. The zero-order valence-corrected chi connectivity index (χ0v) is 20.9. The maximum absolute atomic E-state index is 13.0. The van der Waals surface area contributed by atoms with Crippen LogP contribution in [0.5, 0.6) is 0 Å². The van der Waals surface area contributed by atoms with Gasteiger partial charge in [0.05, 0.1) is 13.2 Å². The number of nitrogens with zero attached hydrogens (tertiary/aromatic N) is 3. The van der Waals surface area contributed by atoms with Crippen LogP contribution in [-0.4, -0.2) is 90.1 Å². The quantitative estimate of drug-likeness (QED) is 0.461. The summed E-state index contributed by atoms with van der Waals surface area (Å²) in [5.74, 6) is -1.88. The third kappa shape index (κ3) is 5.18. The molecule has 0 bridgehead atoms. The number of aliphatic hydroxyl groups excluding tert-OH is 1. The van der Waals surface area contributed by atoms with Crippen LogP contribution < -0.4 is 5.32 Å². The zero-order valence-electron chi connectivity index (χ0n) is 20.9. The first-order valence-corrected chi connectivity index (χ1v) is 11.9. The van der Waals surface area contributed by atoms with E-state index in [1.54, 1.807) is 12.1 Å². The van der Waals surface area contributed by atoms with Crippen LogP contribution >= 0.6 is 0 Å². The van der Waals surface area contributed by atoms with Gasteiger partial charge in [0.1, 0.15) is 6.61 Å². The molecule has 1 aliphatic rings. The molecule has 0 aliphatic carbocycles. The molecule has 9 heteroatoms. The number of ether oxygens (including phenoxy) is 1. The molecule has 36 heavy (non-hydrogen) atoms. The molecule has 1 aromatic heterocycles. The van der Waals surface area contributed by atoms with Crippen molar-refractivity contribution >= 4 is 28.5 Å². The monoisotopic (exact) mass is 492 g/mol. The van der Waals surface area contributed by atoms with Crippen molar-refractivity contribution < 1.29 is 24.2 Å². The molecule has 2 N–H and O–H groups in total. The van der Waals surface area contributed by atoms with Crippen LogP contribution in [0.4, 0.5) is 0 Å². The summed E-state index contributed by atoms with van der Waals surface area (Å²) in [6, 6.07) is 14.2. The molecule has 1 atom stereocenters. The first kappa shape index (κ1) is 25.6. The Bertz CT molecular complexity index is 1250. The number of hydrogen-bond acceptors (Lipinski definition) is 6. The Morgan fingerprint density at radius 1 is 1.06 bits per heavy atom. The predicted octanol–water partition coefficient (Wildman–Crippen LogP) is 1.43. The van der Waals surface area contributed by atoms with Gasteiger partial charge in [0.25, 0.3) is 5.91 Å². The lowest BCUT2D eigenvalue weighted by Gasteiger charge is -2.26. The SMILES string of the molecule is CNC(=O)C(C(=O)CO)N(C)C(=O)c1ccc(-c2ccc3c(c2)cc(CN2CCOCC2)n3C)cc1. The maximum Gasteiger partial charge on any atom is 0.254 e. The molecular weight excluding hydrogens is 460 g/mol. The smallest absolute Gasteiger partial charge is 0.254 e. The number of nitrogens with one attached hydrogen (secondary N) is 1. The Labute approximate surface area is 210 Å². The van der Waals surface area contributed by atoms with E-state index in [1.165, 1.54) is 19.8 Å². The van der Waals surface area contributed by atoms with E-state index in [2.05, 4.69) is 46.1 Å². The summed E-state index contributed by atoms with van der Waals surface area (Å²) in [4.78, 5) is 40.6. The molecule has 1 aliphatic heterocycles. The molecule has 9 nitrogen and oxygen atoms in total. The van der Waals surface area contributed by atoms with Gasteiger partial charge in [-0.25, -0.2) is 0 Å². The van der Waals surface area contributed by atoms with E-state index in [4.69, 9.17) is 4.74 Å². The van der Waals surface area contributed by atoms with Crippen LogP contribution in [0.15, 0.2) is 48.5 Å². The van der Waals surface area contributed by atoms with E-state index < -0.39 is 30.2 Å². The Morgan fingerprint density at radius 3 is 2.36 bits per heavy atom. The lowest BCUT2D eigenvalue weighted by molar-refractivity contribution is -0.135. The van der Waals surface area contributed by atoms with Crippen molar-refractivity contribution in [3.05, 3.63) is 59.8 Å². The number of aliphatic hydroxyl groups is 1. The van der Waals surface area contributed by atoms with Gasteiger partial charge in [-0.05, 0) is 41.5 Å². The summed E-state index contributed by atoms with van der Waals surface area (Å²) in [6.45, 7) is 3.46. The van der Waals surface area contributed by atoms with Crippen molar-refractivity contribution in [1.29, 1.82) is 0 Å². The van der Waals surface area contributed by atoms with Crippen molar-refractivity contribution in [3.63, 3.8) is 0 Å². The largest absolute Gasteiger partial charge is 0.388 e. The molecule has 0 saturated carbocycles. The van der Waals surface area contributed by atoms with Gasteiger partial charge in [-0.15, -0.1) is 0 Å². The predicted molar refractivity (Wildman–Crippen MR) is 136 cm³/mol. The van der Waals surface area contributed by atoms with E-state index in [-0.39, 0.29) is 0 Å². The number of amides is 2. The number of fused-ring (bicyclic) bond motifs is 1. The van der Waals surface area contributed by atoms with Crippen molar-refractivity contribution in [2.24, 2.45) is 7.05 Å². The summed E-state index contributed by atoms with van der Waals surface area (Å²) in [5, 5.41) is 12.7. The second-order valence-electron chi connectivity index (χ2n) is 8.99. The fraction of sp³-hybridized carbons (Fsp3) is 0.370. The summed E-state index contributed by atoms with van der Waals surface area (Å²) >= 11 is 0. The van der Waals surface area contributed by atoms with Crippen molar-refractivity contribution in [2.45, 2.75) is 12.6 Å². The van der Waals surface area contributed by atoms with E-state index in [1.807, 2.05) is 12.1 Å². The van der Waals surface area contributed by atoms with E-state index in [0.717, 1.165) is 59.8 Å². The second-order valence-corrected chi connectivity index (χ2v) is 8.99. The highest BCUT2D eigenvalue weighted by Crippen LogP contribution is 2.27. The van der Waals surface area contributed by atoms with Crippen LogP contribution in [-0.2, 0) is 27.9 Å². The first-order valence-electron chi connectivity index (χ1n) is 11.9. The van der Waals surface area contributed by atoms with Crippen LogP contribution in [0.25, 0.3) is 22.0 Å². The molecule has 3 aromatic rings. The number of likely N-dealkylation sites (N-methyl/N-ethyl adjacent to an activating group) is 2. The van der Waals surface area contributed by atoms with Gasteiger partial charge in [0.2, 0.25) is 5.91 Å². The molecular formula is C27H32N4O5. The summed E-state index contributed by atoms with van der Waals surface area (Å²) < 4.78 is 7.68. The number of ketones is 1. The fourth-order valence-electron chi connectivity index (χ4n) is 4.61. The van der Waals surface area contributed by atoms with Crippen LogP contribution in [0.2, 0.25) is 0 Å². The van der Waals surface area contributed by atoms with E-state index in [0.29, 0.717) is 5.56 Å². The molecule has 2 aromatic carbocycles. The van der Waals surface area contributed by atoms with Crippen LogP contribution in [0, 0.1) is 0 Å². The van der Waals surface area contributed by atoms with Gasteiger partial charge < -0.3 is 24.6 Å². The minimum Gasteiger partial charge on any atom is -0.388 e. The lowest BCUT2D eigenvalue weighted by Crippen LogP contribution is -2.52. The molecule has 1 fully saturated rings. The van der Waals surface area contributed by atoms with Crippen molar-refractivity contribution in [1.82, 2.24) is 19.7 Å². The molecule has 0 radical (unpaired) electrons. The first-order chi connectivity index (χ1) is 17.3. The number of aromatic nitrogens is 1. The number of aryl methyl sites for hydroxylation is 1. The Morgan fingerprint density at radius 2 is 1.72 bits per heavy atom. The highest BCUT2D eigenvalue weighted by atomic mass is 16.5. The summed E-state index contributed by atoms with van der Waals surface area (Å²) in [5.41, 5.74) is 4.72. The fourth-order valence-corrected chi connectivity index (χ4v) is 4.61. The molecule has 190 valence electrons. The number of hydrogen-bond donors (Lipinski definition) is 2. The van der Waals surface area contributed by atoms with Gasteiger partial charge in [0.15, 0.2) is 11.8 Å². The average molecular weight is 493 g/mol. The summed E-state index contributed by atoms with van der Waals surface area (Å²) in [7, 11) is 4.84. The minimum absolute atomic E-state index is 0.342. The number of Topliss-reactive ketones (excluding diaryl/α,β-unsaturated/α-hetero) is 1. The van der Waals surface area contributed by atoms with Gasteiger partial charge in [-0.1, -0.05) is 18.2 Å². The normalized spacial score (nSPS) is 15.0. The van der Waals surface area contributed by atoms with Gasteiger partial charge in [-0.2, -0.15) is 0 Å². The van der Waals surface area contributed by atoms with Crippen molar-refractivity contribution in [2.75, 3.05) is 47.0 Å². The zero-order chi connectivity index (χ0) is 25.8. The number of carbonyl (C=O) groups excluding carboxylic acids is 3. The third-order valence-corrected chi connectivity index (χ3v) is 6.76. The Kier molecular flexibility index (Phi) is 7.83. The number of morpholine rings is 1. The highest BCUT2D eigenvalue weighted by Gasteiger charge is 2.32. The van der Waals surface area contributed by atoms with E-state index in [9.17, 15) is 19.5 Å². The summed E-state index contributed by atoms with van der Waals surface area (Å²) in [6.07, 6.45) is 0. The van der Waals surface area contributed by atoms with Crippen molar-refractivity contribution in [3.8, 4) is 11.1 Å². The van der Waals surface area contributed by atoms with Gasteiger partial charge in [-0.3, -0.25) is 19.3 Å². The third-order valence-electron chi connectivity index (χ3n) is 6.76. The van der Waals surface area contributed by atoms with Crippen LogP contribution in [0.1, 0.15) is 16.1 Å². The second kappa shape index (κ2) is 11.0. The molecule has 0 spiro atoms. The highest BCUT2D eigenvalue weighted by molar-refractivity contribution is 6.10. The van der Waals surface area contributed by atoms with Crippen LogP contribution in [0.3, 0.4) is 0 Å². The molecule has 2 heterocycles. The lowest BCUT2D eigenvalue weighted by atomic mass is 10.0. The Balaban J connectivity index is 1.53. The topological polar surface area (TPSA) is 104 Å². The molecule has 4 rings (SSSR count). The van der Waals surface area contributed by atoms with Gasteiger partial charge in [0, 0.05) is 62.9 Å². The number of rotatable bonds is 8. The Hall–Kier alpha value is -3.53.